The van der Waals surface area contributed by atoms with Crippen molar-refractivity contribution < 1.29 is 17.7 Å². The lowest BCUT2D eigenvalue weighted by molar-refractivity contribution is -0.386. The van der Waals surface area contributed by atoms with Gasteiger partial charge in [0.05, 0.1) is 4.92 Å². The first-order valence-corrected chi connectivity index (χ1v) is 9.24. The van der Waals surface area contributed by atoms with Crippen molar-refractivity contribution in [2.24, 2.45) is 0 Å². The molecular formula is C12H15FN2O4S2. The van der Waals surface area contributed by atoms with Crippen molar-refractivity contribution in [3.63, 3.8) is 0 Å². The number of rotatable bonds is 4. The van der Waals surface area contributed by atoms with E-state index < -0.39 is 31.6 Å². The van der Waals surface area contributed by atoms with Crippen LogP contribution in [0.5, 0.6) is 0 Å². The Balaban J connectivity index is 2.53. The molecule has 0 amide bonds. The Morgan fingerprint density at radius 3 is 2.86 bits per heavy atom. The lowest BCUT2D eigenvalue weighted by Gasteiger charge is -2.36. The van der Waals surface area contributed by atoms with E-state index in [-0.39, 0.29) is 11.4 Å². The summed E-state index contributed by atoms with van der Waals surface area (Å²) >= 11 is 1.48. The summed E-state index contributed by atoms with van der Waals surface area (Å²) in [5.41, 5.74) is -0.636. The molecule has 0 bridgehead atoms. The zero-order chi connectivity index (χ0) is 15.6. The zero-order valence-corrected chi connectivity index (χ0v) is 13.0. The third-order valence-electron chi connectivity index (χ3n) is 3.36. The molecule has 0 saturated carbocycles. The maximum absolute atomic E-state index is 13.7. The molecular weight excluding hydrogens is 319 g/mol. The van der Waals surface area contributed by atoms with Crippen LogP contribution in [0, 0.1) is 15.9 Å². The van der Waals surface area contributed by atoms with Gasteiger partial charge in [-0.1, -0.05) is 13.0 Å². The highest BCUT2D eigenvalue weighted by molar-refractivity contribution is 8.01. The van der Waals surface area contributed by atoms with Crippen LogP contribution in [0.2, 0.25) is 0 Å². The number of nitro benzene ring substituents is 1. The Morgan fingerprint density at radius 2 is 2.24 bits per heavy atom. The van der Waals surface area contributed by atoms with E-state index in [1.54, 1.807) is 0 Å². The first-order chi connectivity index (χ1) is 9.88. The summed E-state index contributed by atoms with van der Waals surface area (Å²) in [4.78, 5) is 11.7. The van der Waals surface area contributed by atoms with Crippen molar-refractivity contribution in [3.05, 3.63) is 34.1 Å². The number of anilines is 1. The molecule has 0 spiro atoms. The number of para-hydroxylation sites is 1. The minimum absolute atomic E-state index is 0.0299. The number of thioether (sulfide) groups is 1. The average molecular weight is 334 g/mol. The summed E-state index contributed by atoms with van der Waals surface area (Å²) in [6.45, 7) is 1.87. The van der Waals surface area contributed by atoms with E-state index in [4.69, 9.17) is 0 Å². The van der Waals surface area contributed by atoms with E-state index in [1.807, 2.05) is 0 Å². The predicted molar refractivity (Wildman–Crippen MR) is 81.0 cm³/mol. The van der Waals surface area contributed by atoms with E-state index in [0.717, 1.165) is 6.07 Å². The maximum Gasteiger partial charge on any atom is 0.327 e. The predicted octanol–water partition coefficient (Wildman–Crippen LogP) is 2.05. The van der Waals surface area contributed by atoms with Crippen molar-refractivity contribution in [3.8, 4) is 0 Å². The van der Waals surface area contributed by atoms with Gasteiger partial charge in [0.15, 0.2) is 9.84 Å². The zero-order valence-electron chi connectivity index (χ0n) is 11.4. The number of hydrogen-bond donors (Lipinski definition) is 0. The van der Waals surface area contributed by atoms with Crippen LogP contribution in [-0.2, 0) is 9.84 Å². The fourth-order valence-corrected chi connectivity index (χ4v) is 5.25. The van der Waals surface area contributed by atoms with Crippen molar-refractivity contribution in [2.45, 2.75) is 12.3 Å². The van der Waals surface area contributed by atoms with Gasteiger partial charge in [-0.25, -0.2) is 8.42 Å². The Hall–Kier alpha value is -1.35. The average Bonchev–Trinajstić information content (AvgIpc) is 2.46. The summed E-state index contributed by atoms with van der Waals surface area (Å²) in [5.74, 6) is -0.0474. The molecule has 1 atom stereocenters. The lowest BCUT2D eigenvalue weighted by atomic mass is 10.2. The number of benzene rings is 1. The number of sulfone groups is 1. The second-order valence-corrected chi connectivity index (χ2v) is 8.14. The van der Waals surface area contributed by atoms with Gasteiger partial charge in [-0.2, -0.15) is 16.2 Å². The number of hydrogen-bond acceptors (Lipinski definition) is 6. The van der Waals surface area contributed by atoms with Gasteiger partial charge in [0.2, 0.25) is 5.82 Å². The van der Waals surface area contributed by atoms with Gasteiger partial charge in [-0.3, -0.25) is 10.1 Å². The molecule has 116 valence electrons. The van der Waals surface area contributed by atoms with Gasteiger partial charge >= 0.3 is 5.69 Å². The van der Waals surface area contributed by atoms with Crippen LogP contribution in [-0.4, -0.2) is 42.5 Å². The third-order valence-corrected chi connectivity index (χ3v) is 6.65. The standard InChI is InChI=1S/C12H15FN2O4S2/c1-2-21(18,19)11-8-20-7-6-14(11)10-5-3-4-9(13)12(10)15(16)17/h3-5,11H,2,6-8H2,1H3. The van der Waals surface area contributed by atoms with E-state index in [0.29, 0.717) is 18.1 Å². The van der Waals surface area contributed by atoms with Gasteiger partial charge in [0.1, 0.15) is 11.1 Å². The van der Waals surface area contributed by atoms with Crippen molar-refractivity contribution in [1.82, 2.24) is 0 Å². The molecule has 0 aromatic heterocycles. The maximum atomic E-state index is 13.7. The van der Waals surface area contributed by atoms with Crippen LogP contribution in [0.25, 0.3) is 0 Å². The Bertz CT molecular complexity index is 651. The molecule has 21 heavy (non-hydrogen) atoms. The molecule has 0 N–H and O–H groups in total. The second kappa shape index (κ2) is 6.18. The molecule has 0 radical (unpaired) electrons. The van der Waals surface area contributed by atoms with E-state index >= 15 is 0 Å². The first-order valence-electron chi connectivity index (χ1n) is 6.37. The summed E-state index contributed by atoms with van der Waals surface area (Å²) in [7, 11) is -3.41. The van der Waals surface area contributed by atoms with Crippen molar-refractivity contribution >= 4 is 33.0 Å². The Labute approximate surface area is 126 Å². The third kappa shape index (κ3) is 3.13. The molecule has 0 aliphatic carbocycles. The molecule has 1 heterocycles. The fraction of sp³-hybridized carbons (Fsp3) is 0.500. The Kier molecular flexibility index (Phi) is 4.72. The van der Waals surface area contributed by atoms with Crippen molar-refractivity contribution in [2.75, 3.05) is 28.7 Å². The molecule has 1 unspecified atom stereocenters. The highest BCUT2D eigenvalue weighted by Gasteiger charge is 2.36. The van der Waals surface area contributed by atoms with E-state index in [9.17, 15) is 22.9 Å². The summed E-state index contributed by atoms with van der Waals surface area (Å²) in [6.07, 6.45) is 0. The van der Waals surface area contributed by atoms with Gasteiger partial charge < -0.3 is 4.90 Å². The van der Waals surface area contributed by atoms with Gasteiger partial charge in [-0.05, 0) is 12.1 Å². The van der Waals surface area contributed by atoms with Gasteiger partial charge in [0, 0.05) is 23.8 Å². The number of halogens is 1. The first kappa shape index (κ1) is 16.0. The molecule has 1 aromatic rings. The quantitative estimate of drug-likeness (QED) is 0.619. The molecule has 1 aliphatic rings. The van der Waals surface area contributed by atoms with Crippen molar-refractivity contribution in [1.29, 1.82) is 0 Å². The summed E-state index contributed by atoms with van der Waals surface area (Å²) < 4.78 is 38.1. The normalized spacial score (nSPS) is 19.5. The summed E-state index contributed by atoms with van der Waals surface area (Å²) in [5, 5.41) is 10.2. The molecule has 9 heteroatoms. The van der Waals surface area contributed by atoms with Crippen LogP contribution in [0.4, 0.5) is 15.8 Å². The molecule has 1 aromatic carbocycles. The highest BCUT2D eigenvalue weighted by Crippen LogP contribution is 2.35. The topological polar surface area (TPSA) is 80.5 Å². The minimum Gasteiger partial charge on any atom is -0.348 e. The van der Waals surface area contributed by atoms with Crippen LogP contribution in [0.15, 0.2) is 18.2 Å². The largest absolute Gasteiger partial charge is 0.348 e. The smallest absolute Gasteiger partial charge is 0.327 e. The fourth-order valence-electron chi connectivity index (χ4n) is 2.26. The summed E-state index contributed by atoms with van der Waals surface area (Å²) in [6, 6.07) is 3.76. The highest BCUT2D eigenvalue weighted by atomic mass is 32.2. The number of nitrogens with zero attached hydrogens (tertiary/aromatic N) is 2. The van der Waals surface area contributed by atoms with Crippen LogP contribution in [0.3, 0.4) is 0 Å². The number of nitro groups is 1. The monoisotopic (exact) mass is 334 g/mol. The van der Waals surface area contributed by atoms with E-state index in [2.05, 4.69) is 0 Å². The van der Waals surface area contributed by atoms with Crippen LogP contribution in [0.1, 0.15) is 6.92 Å². The lowest BCUT2D eigenvalue weighted by Crippen LogP contribution is -2.48. The Morgan fingerprint density at radius 1 is 1.52 bits per heavy atom. The van der Waals surface area contributed by atoms with Gasteiger partial charge in [0.25, 0.3) is 0 Å². The molecule has 6 nitrogen and oxygen atoms in total. The molecule has 1 aliphatic heterocycles. The van der Waals surface area contributed by atoms with E-state index in [1.165, 1.54) is 35.7 Å². The molecule has 1 fully saturated rings. The molecule has 1 saturated heterocycles. The second-order valence-electron chi connectivity index (χ2n) is 4.54. The van der Waals surface area contributed by atoms with Crippen LogP contribution < -0.4 is 4.90 Å². The van der Waals surface area contributed by atoms with Crippen LogP contribution >= 0.6 is 11.8 Å². The van der Waals surface area contributed by atoms with Gasteiger partial charge in [-0.15, -0.1) is 0 Å². The SMILES string of the molecule is CCS(=O)(=O)C1CSCCN1c1cccc(F)c1[N+](=O)[O-]. The molecule has 2 rings (SSSR count). The minimum atomic E-state index is -3.41.